The lowest BCUT2D eigenvalue weighted by Crippen LogP contribution is -2.53. The molecule has 0 aliphatic carbocycles. The fraction of sp³-hybridized carbons (Fsp3) is 0.182. The van der Waals surface area contributed by atoms with Crippen molar-refractivity contribution in [2.24, 2.45) is 0 Å². The van der Waals surface area contributed by atoms with Crippen LogP contribution in [0.5, 0.6) is 0 Å². The van der Waals surface area contributed by atoms with Gasteiger partial charge in [0, 0.05) is 5.56 Å². The van der Waals surface area contributed by atoms with E-state index >= 15 is 0 Å². The van der Waals surface area contributed by atoms with Gasteiger partial charge >= 0.3 is 0 Å². The van der Waals surface area contributed by atoms with Crippen molar-refractivity contribution >= 4 is 17.7 Å². The van der Waals surface area contributed by atoms with Crippen molar-refractivity contribution in [3.05, 3.63) is 35.1 Å². The molecule has 0 bridgehead atoms. The van der Waals surface area contributed by atoms with E-state index in [1.165, 1.54) is 0 Å². The molecule has 100 valence electrons. The molecule has 1 fully saturated rings. The molecule has 1 saturated heterocycles. The van der Waals surface area contributed by atoms with Gasteiger partial charge < -0.3 is 4.90 Å². The number of halogens is 3. The molecule has 19 heavy (non-hydrogen) atoms. The Morgan fingerprint density at radius 2 is 1.53 bits per heavy atom. The number of carbonyl (C=O) groups is 3. The highest BCUT2D eigenvalue weighted by molar-refractivity contribution is 6.05. The number of piperazine rings is 1. The van der Waals surface area contributed by atoms with Gasteiger partial charge in [-0.15, -0.1) is 0 Å². The molecule has 1 aliphatic heterocycles. The van der Waals surface area contributed by atoms with E-state index in [1.54, 1.807) is 0 Å². The fourth-order valence-electron chi connectivity index (χ4n) is 1.64. The number of carbonyl (C=O) groups excluding carboxylic acids is 3. The van der Waals surface area contributed by atoms with Crippen LogP contribution in [-0.4, -0.2) is 35.7 Å². The maximum Gasteiger partial charge on any atom is 0.255 e. The van der Waals surface area contributed by atoms with Gasteiger partial charge in [-0.25, -0.2) is 13.2 Å². The van der Waals surface area contributed by atoms with Gasteiger partial charge in [-0.05, 0) is 12.1 Å². The highest BCUT2D eigenvalue weighted by Gasteiger charge is 2.28. The summed E-state index contributed by atoms with van der Waals surface area (Å²) in [6.07, 6.45) is 0. The molecule has 1 aromatic carbocycles. The van der Waals surface area contributed by atoms with Crippen LogP contribution in [0.4, 0.5) is 13.2 Å². The molecule has 0 spiro atoms. The summed E-state index contributed by atoms with van der Waals surface area (Å²) in [6.45, 7) is -0.823. The van der Waals surface area contributed by atoms with Gasteiger partial charge in [-0.3, -0.25) is 19.7 Å². The monoisotopic (exact) mass is 272 g/mol. The topological polar surface area (TPSA) is 66.5 Å². The van der Waals surface area contributed by atoms with E-state index in [-0.39, 0.29) is 0 Å². The van der Waals surface area contributed by atoms with E-state index in [0.29, 0.717) is 12.1 Å². The summed E-state index contributed by atoms with van der Waals surface area (Å²) in [5, 5.41) is 1.97. The maximum absolute atomic E-state index is 13.0. The van der Waals surface area contributed by atoms with E-state index < -0.39 is 53.8 Å². The minimum Gasteiger partial charge on any atom is -0.320 e. The second-order valence-electron chi connectivity index (χ2n) is 3.89. The SMILES string of the molecule is O=C1CN(C(=O)c2cc(F)c(F)c(F)c2)CC(=O)N1. The van der Waals surface area contributed by atoms with Crippen LogP contribution in [0.25, 0.3) is 0 Å². The molecule has 0 atom stereocenters. The van der Waals surface area contributed by atoms with Crippen LogP contribution in [0.3, 0.4) is 0 Å². The predicted molar refractivity (Wildman–Crippen MR) is 55.4 cm³/mol. The average molecular weight is 272 g/mol. The Morgan fingerprint density at radius 3 is 2.00 bits per heavy atom. The number of amides is 3. The molecule has 0 unspecified atom stereocenters. The zero-order chi connectivity index (χ0) is 14.2. The number of hydrogen-bond acceptors (Lipinski definition) is 3. The molecule has 5 nitrogen and oxygen atoms in total. The summed E-state index contributed by atoms with van der Waals surface area (Å²) in [5.74, 6) is -7.06. The number of hydrogen-bond donors (Lipinski definition) is 1. The number of nitrogens with zero attached hydrogens (tertiary/aromatic N) is 1. The first-order valence-corrected chi connectivity index (χ1v) is 5.15. The summed E-state index contributed by atoms with van der Waals surface area (Å²) in [7, 11) is 0. The molecule has 3 amide bonds. The Hall–Kier alpha value is -2.38. The highest BCUT2D eigenvalue weighted by Crippen LogP contribution is 2.15. The molecular formula is C11H7F3N2O3. The highest BCUT2D eigenvalue weighted by atomic mass is 19.2. The lowest BCUT2D eigenvalue weighted by atomic mass is 10.1. The minimum atomic E-state index is -1.69. The van der Waals surface area contributed by atoms with Crippen LogP contribution in [-0.2, 0) is 9.59 Å². The minimum absolute atomic E-state index is 0.412. The predicted octanol–water partition coefficient (Wildman–Crippen LogP) is 0.203. The van der Waals surface area contributed by atoms with Gasteiger partial charge in [0.1, 0.15) is 13.1 Å². The summed E-state index contributed by atoms with van der Waals surface area (Å²) in [6, 6.07) is 1.02. The van der Waals surface area contributed by atoms with Gasteiger partial charge in [0.25, 0.3) is 5.91 Å². The smallest absolute Gasteiger partial charge is 0.255 e. The Labute approximate surface area is 105 Å². The third kappa shape index (κ3) is 2.56. The Bertz CT molecular complexity index is 550. The standard InChI is InChI=1S/C11H7F3N2O3/c12-6-1-5(2-7(13)10(6)14)11(19)16-3-8(17)15-9(18)4-16/h1-2H,3-4H2,(H,15,17,18). The largest absolute Gasteiger partial charge is 0.320 e. The van der Waals surface area contributed by atoms with Crippen molar-refractivity contribution in [1.82, 2.24) is 10.2 Å². The van der Waals surface area contributed by atoms with E-state index in [1.807, 2.05) is 5.32 Å². The quantitative estimate of drug-likeness (QED) is 0.586. The molecule has 2 rings (SSSR count). The lowest BCUT2D eigenvalue weighted by molar-refractivity contribution is -0.135. The second kappa shape index (κ2) is 4.71. The zero-order valence-electron chi connectivity index (χ0n) is 9.37. The van der Waals surface area contributed by atoms with Crippen molar-refractivity contribution < 1.29 is 27.6 Å². The Kier molecular flexibility index (Phi) is 3.24. The maximum atomic E-state index is 13.0. The molecule has 8 heteroatoms. The lowest BCUT2D eigenvalue weighted by Gasteiger charge is -2.25. The van der Waals surface area contributed by atoms with Crippen LogP contribution < -0.4 is 5.32 Å². The molecule has 0 saturated carbocycles. The third-order valence-electron chi connectivity index (χ3n) is 2.47. The number of benzene rings is 1. The molecule has 1 heterocycles. The Morgan fingerprint density at radius 1 is 1.05 bits per heavy atom. The van der Waals surface area contributed by atoms with Crippen molar-refractivity contribution in [2.45, 2.75) is 0 Å². The molecule has 0 aromatic heterocycles. The van der Waals surface area contributed by atoms with Gasteiger partial charge in [-0.1, -0.05) is 0 Å². The van der Waals surface area contributed by atoms with E-state index in [4.69, 9.17) is 0 Å². The van der Waals surface area contributed by atoms with E-state index in [0.717, 1.165) is 4.90 Å². The number of imide groups is 1. The number of nitrogens with one attached hydrogen (secondary N) is 1. The van der Waals surface area contributed by atoms with Crippen LogP contribution in [0, 0.1) is 17.5 Å². The van der Waals surface area contributed by atoms with Gasteiger partial charge in [0.05, 0.1) is 0 Å². The first-order valence-electron chi connectivity index (χ1n) is 5.15. The molecule has 1 N–H and O–H groups in total. The van der Waals surface area contributed by atoms with Gasteiger partial charge in [-0.2, -0.15) is 0 Å². The molecule has 0 radical (unpaired) electrons. The average Bonchev–Trinajstić information content (AvgIpc) is 2.33. The fourth-order valence-corrected chi connectivity index (χ4v) is 1.64. The van der Waals surface area contributed by atoms with Crippen molar-refractivity contribution in [3.8, 4) is 0 Å². The summed E-state index contributed by atoms with van der Waals surface area (Å²) < 4.78 is 38.7. The molecule has 1 aromatic rings. The third-order valence-corrected chi connectivity index (χ3v) is 2.47. The van der Waals surface area contributed by atoms with Crippen molar-refractivity contribution in [1.29, 1.82) is 0 Å². The second-order valence-corrected chi connectivity index (χ2v) is 3.89. The summed E-state index contributed by atoms with van der Waals surface area (Å²) in [4.78, 5) is 34.8. The van der Waals surface area contributed by atoms with Crippen LogP contribution >= 0.6 is 0 Å². The molecular weight excluding hydrogens is 265 g/mol. The van der Waals surface area contributed by atoms with Crippen molar-refractivity contribution in [2.75, 3.05) is 13.1 Å². The van der Waals surface area contributed by atoms with Gasteiger partial charge in [0.2, 0.25) is 11.8 Å². The Balaban J connectivity index is 2.29. The first kappa shape index (κ1) is 13.1. The molecule has 1 aliphatic rings. The normalized spacial score (nSPS) is 15.4. The van der Waals surface area contributed by atoms with Gasteiger partial charge in [0.15, 0.2) is 17.5 Å². The summed E-state index contributed by atoms with van der Waals surface area (Å²) in [5.41, 5.74) is -0.473. The summed E-state index contributed by atoms with van der Waals surface area (Å²) >= 11 is 0. The number of rotatable bonds is 1. The van der Waals surface area contributed by atoms with E-state index in [2.05, 4.69) is 0 Å². The van der Waals surface area contributed by atoms with Crippen LogP contribution in [0.1, 0.15) is 10.4 Å². The van der Waals surface area contributed by atoms with Crippen LogP contribution in [0.15, 0.2) is 12.1 Å². The first-order chi connectivity index (χ1) is 8.88. The van der Waals surface area contributed by atoms with Crippen LogP contribution in [0.2, 0.25) is 0 Å². The van der Waals surface area contributed by atoms with E-state index in [9.17, 15) is 27.6 Å². The van der Waals surface area contributed by atoms with Crippen molar-refractivity contribution in [3.63, 3.8) is 0 Å². The zero-order valence-corrected chi connectivity index (χ0v) is 9.37.